The molecule has 1 aromatic rings. The van der Waals surface area contributed by atoms with Crippen molar-refractivity contribution in [3.63, 3.8) is 0 Å². The SMILES string of the molecule is COCCNCc1ccc(N(C)CCCN(C)C)cc1C. The van der Waals surface area contributed by atoms with Crippen molar-refractivity contribution in [2.24, 2.45) is 0 Å². The molecule has 0 spiro atoms. The monoisotopic (exact) mass is 293 g/mol. The van der Waals surface area contributed by atoms with Crippen molar-refractivity contribution < 1.29 is 4.74 Å². The van der Waals surface area contributed by atoms with Crippen LogP contribution < -0.4 is 10.2 Å². The number of hydrogen-bond acceptors (Lipinski definition) is 4. The molecule has 0 heterocycles. The second-order valence-corrected chi connectivity index (χ2v) is 5.86. The first-order valence-electron chi connectivity index (χ1n) is 7.69. The summed E-state index contributed by atoms with van der Waals surface area (Å²) in [7, 11) is 8.14. The number of ether oxygens (including phenoxy) is 1. The second-order valence-electron chi connectivity index (χ2n) is 5.86. The zero-order valence-corrected chi connectivity index (χ0v) is 14.3. The van der Waals surface area contributed by atoms with Crippen LogP contribution in [0, 0.1) is 6.92 Å². The second kappa shape index (κ2) is 9.77. The van der Waals surface area contributed by atoms with Crippen molar-refractivity contribution in [3.8, 4) is 0 Å². The lowest BCUT2D eigenvalue weighted by molar-refractivity contribution is 0.199. The van der Waals surface area contributed by atoms with E-state index in [2.05, 4.69) is 61.4 Å². The highest BCUT2D eigenvalue weighted by Gasteiger charge is 2.04. The third-order valence-corrected chi connectivity index (χ3v) is 3.66. The van der Waals surface area contributed by atoms with Gasteiger partial charge in [-0.15, -0.1) is 0 Å². The molecule has 0 fully saturated rings. The smallest absolute Gasteiger partial charge is 0.0587 e. The van der Waals surface area contributed by atoms with Crippen molar-refractivity contribution in [3.05, 3.63) is 29.3 Å². The predicted octanol–water partition coefficient (Wildman–Crippen LogP) is 2.12. The molecule has 0 aliphatic carbocycles. The van der Waals surface area contributed by atoms with E-state index in [0.29, 0.717) is 0 Å². The number of rotatable bonds is 10. The molecule has 4 nitrogen and oxygen atoms in total. The Morgan fingerprint density at radius 1 is 1.14 bits per heavy atom. The van der Waals surface area contributed by atoms with E-state index in [1.807, 2.05) is 0 Å². The zero-order valence-electron chi connectivity index (χ0n) is 14.3. The summed E-state index contributed by atoms with van der Waals surface area (Å²) in [4.78, 5) is 4.56. The van der Waals surface area contributed by atoms with Gasteiger partial charge in [0.15, 0.2) is 0 Å². The number of benzene rings is 1. The molecule has 4 heteroatoms. The summed E-state index contributed by atoms with van der Waals surface area (Å²) in [5.41, 5.74) is 4.00. The summed E-state index contributed by atoms with van der Waals surface area (Å²) < 4.78 is 5.04. The Hall–Kier alpha value is -1.10. The minimum atomic E-state index is 0.756. The van der Waals surface area contributed by atoms with Gasteiger partial charge in [-0.2, -0.15) is 0 Å². The lowest BCUT2D eigenvalue weighted by Crippen LogP contribution is -2.23. The van der Waals surface area contributed by atoms with Gasteiger partial charge in [0.1, 0.15) is 0 Å². The third-order valence-electron chi connectivity index (χ3n) is 3.66. The first-order chi connectivity index (χ1) is 10.0. The number of anilines is 1. The molecule has 0 amide bonds. The molecular formula is C17H31N3O. The van der Waals surface area contributed by atoms with Crippen LogP contribution in [-0.2, 0) is 11.3 Å². The van der Waals surface area contributed by atoms with Crippen LogP contribution in [0.15, 0.2) is 18.2 Å². The van der Waals surface area contributed by atoms with Gasteiger partial charge in [0.25, 0.3) is 0 Å². The molecule has 0 bridgehead atoms. The van der Waals surface area contributed by atoms with Crippen LogP contribution in [0.5, 0.6) is 0 Å². The number of aryl methyl sites for hydroxylation is 1. The molecule has 0 aliphatic heterocycles. The first kappa shape index (κ1) is 18.0. The van der Waals surface area contributed by atoms with Gasteiger partial charge in [0.2, 0.25) is 0 Å². The van der Waals surface area contributed by atoms with Crippen molar-refractivity contribution in [2.45, 2.75) is 19.9 Å². The Labute approximate surface area is 130 Å². The molecule has 0 radical (unpaired) electrons. The van der Waals surface area contributed by atoms with E-state index < -0.39 is 0 Å². The van der Waals surface area contributed by atoms with Crippen molar-refractivity contribution in [2.75, 3.05) is 59.4 Å². The molecule has 1 aromatic carbocycles. The molecule has 0 saturated carbocycles. The fourth-order valence-corrected chi connectivity index (χ4v) is 2.27. The summed E-state index contributed by atoms with van der Waals surface area (Å²) >= 11 is 0. The van der Waals surface area contributed by atoms with E-state index in [0.717, 1.165) is 32.8 Å². The quantitative estimate of drug-likeness (QED) is 0.669. The van der Waals surface area contributed by atoms with Crippen LogP contribution in [0.25, 0.3) is 0 Å². The molecule has 0 saturated heterocycles. The minimum absolute atomic E-state index is 0.756. The van der Waals surface area contributed by atoms with Crippen LogP contribution in [0.3, 0.4) is 0 Å². The van der Waals surface area contributed by atoms with E-state index in [1.54, 1.807) is 7.11 Å². The van der Waals surface area contributed by atoms with E-state index in [1.165, 1.54) is 23.2 Å². The molecule has 120 valence electrons. The van der Waals surface area contributed by atoms with Gasteiger partial charge < -0.3 is 19.9 Å². The summed E-state index contributed by atoms with van der Waals surface area (Å²) in [5.74, 6) is 0. The van der Waals surface area contributed by atoms with Crippen molar-refractivity contribution in [1.82, 2.24) is 10.2 Å². The van der Waals surface area contributed by atoms with Gasteiger partial charge >= 0.3 is 0 Å². The van der Waals surface area contributed by atoms with Gasteiger partial charge in [0, 0.05) is 39.5 Å². The summed E-state index contributed by atoms with van der Waals surface area (Å²) in [6.45, 7) is 6.95. The molecule has 0 atom stereocenters. The molecule has 0 unspecified atom stereocenters. The maximum absolute atomic E-state index is 5.04. The lowest BCUT2D eigenvalue weighted by Gasteiger charge is -2.21. The summed E-state index contributed by atoms with van der Waals surface area (Å²) in [5, 5.41) is 3.39. The highest BCUT2D eigenvalue weighted by Crippen LogP contribution is 2.18. The third kappa shape index (κ3) is 6.93. The van der Waals surface area contributed by atoms with Crippen LogP contribution in [0.4, 0.5) is 5.69 Å². The summed E-state index contributed by atoms with van der Waals surface area (Å²) in [6.07, 6.45) is 1.18. The standard InChI is InChI=1S/C17H31N3O/c1-15-13-17(20(4)11-6-10-19(2)3)8-7-16(15)14-18-9-12-21-5/h7-8,13,18H,6,9-12,14H2,1-5H3. The van der Waals surface area contributed by atoms with E-state index >= 15 is 0 Å². The maximum Gasteiger partial charge on any atom is 0.0587 e. The largest absolute Gasteiger partial charge is 0.383 e. The predicted molar refractivity (Wildman–Crippen MR) is 91.2 cm³/mol. The molecule has 0 aromatic heterocycles. The molecule has 0 aliphatic rings. The number of methoxy groups -OCH3 is 1. The van der Waals surface area contributed by atoms with Gasteiger partial charge in [-0.05, 0) is 57.2 Å². The van der Waals surface area contributed by atoms with Gasteiger partial charge in [-0.25, -0.2) is 0 Å². The minimum Gasteiger partial charge on any atom is -0.383 e. The highest BCUT2D eigenvalue weighted by atomic mass is 16.5. The Balaban J connectivity index is 2.48. The van der Waals surface area contributed by atoms with Gasteiger partial charge in [-0.3, -0.25) is 0 Å². The fourth-order valence-electron chi connectivity index (χ4n) is 2.27. The van der Waals surface area contributed by atoms with E-state index in [9.17, 15) is 0 Å². The number of hydrogen-bond donors (Lipinski definition) is 1. The Bertz CT molecular complexity index is 407. The normalized spacial score (nSPS) is 11.1. The van der Waals surface area contributed by atoms with Crippen LogP contribution >= 0.6 is 0 Å². The molecule has 21 heavy (non-hydrogen) atoms. The van der Waals surface area contributed by atoms with E-state index in [-0.39, 0.29) is 0 Å². The Kier molecular flexibility index (Phi) is 8.35. The number of nitrogens with one attached hydrogen (secondary N) is 1. The summed E-state index contributed by atoms with van der Waals surface area (Å²) in [6, 6.07) is 6.73. The molecular weight excluding hydrogens is 262 g/mol. The Morgan fingerprint density at radius 2 is 1.90 bits per heavy atom. The molecule has 1 N–H and O–H groups in total. The lowest BCUT2D eigenvalue weighted by atomic mass is 10.1. The van der Waals surface area contributed by atoms with Crippen molar-refractivity contribution >= 4 is 5.69 Å². The molecule has 1 rings (SSSR count). The zero-order chi connectivity index (χ0) is 15.7. The van der Waals surface area contributed by atoms with Crippen LogP contribution in [0.1, 0.15) is 17.5 Å². The highest BCUT2D eigenvalue weighted by molar-refractivity contribution is 5.50. The van der Waals surface area contributed by atoms with Gasteiger partial charge in [0.05, 0.1) is 6.61 Å². The number of nitrogens with zero attached hydrogens (tertiary/aromatic N) is 2. The van der Waals surface area contributed by atoms with Gasteiger partial charge in [-0.1, -0.05) is 6.07 Å². The topological polar surface area (TPSA) is 27.7 Å². The van der Waals surface area contributed by atoms with E-state index in [4.69, 9.17) is 4.74 Å². The van der Waals surface area contributed by atoms with Crippen molar-refractivity contribution in [1.29, 1.82) is 0 Å². The average molecular weight is 293 g/mol. The fraction of sp³-hybridized carbons (Fsp3) is 0.647. The first-order valence-corrected chi connectivity index (χ1v) is 7.69. The maximum atomic E-state index is 5.04. The van der Waals surface area contributed by atoms with Crippen LogP contribution in [-0.4, -0.2) is 59.4 Å². The Morgan fingerprint density at radius 3 is 2.52 bits per heavy atom. The van der Waals surface area contributed by atoms with Crippen LogP contribution in [0.2, 0.25) is 0 Å². The average Bonchev–Trinajstić information content (AvgIpc) is 2.44.